The first-order valence-corrected chi connectivity index (χ1v) is 11.1. The molecule has 0 radical (unpaired) electrons. The average Bonchev–Trinajstić information content (AvgIpc) is 3.02. The number of benzene rings is 1. The van der Waals surface area contributed by atoms with Crippen LogP contribution in [0.15, 0.2) is 48.7 Å². The number of hydrogen-bond acceptors (Lipinski definition) is 5. The van der Waals surface area contributed by atoms with Crippen LogP contribution in [0.2, 0.25) is 0 Å². The molecule has 1 aromatic carbocycles. The number of hydrogen-bond donors (Lipinski definition) is 1. The summed E-state index contributed by atoms with van der Waals surface area (Å²) in [5.41, 5.74) is 1.78. The van der Waals surface area contributed by atoms with Crippen molar-refractivity contribution in [1.82, 2.24) is 4.98 Å². The lowest BCUT2D eigenvalue weighted by Crippen LogP contribution is -2.36. The fraction of sp³-hybridized carbons (Fsp3) is 0.400. The van der Waals surface area contributed by atoms with Gasteiger partial charge in [0.1, 0.15) is 5.82 Å². The van der Waals surface area contributed by atoms with Gasteiger partial charge in [-0.2, -0.15) is 0 Å². The van der Waals surface area contributed by atoms with E-state index in [0.29, 0.717) is 31.5 Å². The van der Waals surface area contributed by atoms with Crippen LogP contribution in [0.5, 0.6) is 0 Å². The zero-order chi connectivity index (χ0) is 19.3. The number of sulfone groups is 1. The number of pyridine rings is 1. The standard InChI is InChI=1S/C20H25N3O3S/c1-2-23(18-12-13-27(25,26)15-18)19-10-9-17(14-21-19)22-20(24)11-8-16-6-4-3-5-7-16/h3-7,9-10,14,18H,2,8,11-13,15H2,1H3,(H,22,24). The lowest BCUT2D eigenvalue weighted by Gasteiger charge is -2.28. The van der Waals surface area contributed by atoms with Crippen LogP contribution in [0, 0.1) is 0 Å². The van der Waals surface area contributed by atoms with Gasteiger partial charge in [-0.05, 0) is 37.5 Å². The highest BCUT2D eigenvalue weighted by Gasteiger charge is 2.32. The van der Waals surface area contributed by atoms with E-state index < -0.39 is 9.84 Å². The molecule has 0 bridgehead atoms. The third-order valence-corrected chi connectivity index (χ3v) is 6.55. The number of carbonyl (C=O) groups excluding carboxylic acids is 1. The van der Waals surface area contributed by atoms with E-state index >= 15 is 0 Å². The molecule has 1 aromatic heterocycles. The van der Waals surface area contributed by atoms with Crippen LogP contribution in [-0.4, -0.2) is 43.4 Å². The maximum Gasteiger partial charge on any atom is 0.224 e. The van der Waals surface area contributed by atoms with Crippen molar-refractivity contribution in [2.45, 2.75) is 32.2 Å². The highest BCUT2D eigenvalue weighted by Crippen LogP contribution is 2.23. The van der Waals surface area contributed by atoms with Gasteiger partial charge in [0.25, 0.3) is 0 Å². The maximum atomic E-state index is 12.1. The van der Waals surface area contributed by atoms with Crippen LogP contribution in [-0.2, 0) is 21.1 Å². The van der Waals surface area contributed by atoms with Crippen molar-refractivity contribution in [3.63, 3.8) is 0 Å². The molecule has 1 N–H and O–H groups in total. The molecule has 6 nitrogen and oxygen atoms in total. The molecule has 1 unspecified atom stereocenters. The van der Waals surface area contributed by atoms with Crippen molar-refractivity contribution in [2.75, 3.05) is 28.3 Å². The molecule has 1 saturated heterocycles. The van der Waals surface area contributed by atoms with Crippen LogP contribution < -0.4 is 10.2 Å². The van der Waals surface area contributed by atoms with Gasteiger partial charge < -0.3 is 10.2 Å². The van der Waals surface area contributed by atoms with E-state index in [1.54, 1.807) is 6.20 Å². The summed E-state index contributed by atoms with van der Waals surface area (Å²) in [6, 6.07) is 13.5. The monoisotopic (exact) mass is 387 g/mol. The Morgan fingerprint density at radius 3 is 2.59 bits per heavy atom. The molecule has 1 aliphatic heterocycles. The van der Waals surface area contributed by atoms with Crippen LogP contribution in [0.4, 0.5) is 11.5 Å². The van der Waals surface area contributed by atoms with Gasteiger partial charge in [-0.15, -0.1) is 0 Å². The third kappa shape index (κ3) is 5.29. The molecule has 1 amide bonds. The first-order valence-electron chi connectivity index (χ1n) is 9.24. The first-order chi connectivity index (χ1) is 13.0. The molecule has 0 aliphatic carbocycles. The lowest BCUT2D eigenvalue weighted by atomic mass is 10.1. The molecular weight excluding hydrogens is 362 g/mol. The number of anilines is 2. The van der Waals surface area contributed by atoms with E-state index in [2.05, 4.69) is 10.3 Å². The fourth-order valence-electron chi connectivity index (χ4n) is 3.38. The number of carbonyl (C=O) groups is 1. The van der Waals surface area contributed by atoms with Gasteiger partial charge in [-0.1, -0.05) is 30.3 Å². The quantitative estimate of drug-likeness (QED) is 0.790. The molecule has 7 heteroatoms. The predicted molar refractivity (Wildman–Crippen MR) is 108 cm³/mol. The normalized spacial score (nSPS) is 18.2. The molecule has 1 aliphatic rings. The van der Waals surface area contributed by atoms with E-state index in [1.165, 1.54) is 0 Å². The van der Waals surface area contributed by atoms with E-state index in [4.69, 9.17) is 0 Å². The fourth-order valence-corrected chi connectivity index (χ4v) is 5.12. The summed E-state index contributed by atoms with van der Waals surface area (Å²) in [7, 11) is -2.94. The minimum atomic E-state index is -2.94. The molecule has 2 aromatic rings. The van der Waals surface area contributed by atoms with Crippen LogP contribution >= 0.6 is 0 Å². The minimum absolute atomic E-state index is 0.0289. The van der Waals surface area contributed by atoms with Crippen molar-refractivity contribution < 1.29 is 13.2 Å². The Morgan fingerprint density at radius 1 is 1.22 bits per heavy atom. The summed E-state index contributed by atoms with van der Waals surface area (Å²) >= 11 is 0. The van der Waals surface area contributed by atoms with Crippen molar-refractivity contribution in [3.05, 3.63) is 54.2 Å². The molecule has 2 heterocycles. The van der Waals surface area contributed by atoms with Crippen molar-refractivity contribution in [2.24, 2.45) is 0 Å². The van der Waals surface area contributed by atoms with E-state index in [9.17, 15) is 13.2 Å². The van der Waals surface area contributed by atoms with Gasteiger partial charge in [0.05, 0.1) is 23.4 Å². The van der Waals surface area contributed by atoms with Crippen molar-refractivity contribution in [3.8, 4) is 0 Å². The molecule has 1 atom stereocenters. The number of nitrogens with zero attached hydrogens (tertiary/aromatic N) is 2. The summed E-state index contributed by atoms with van der Waals surface area (Å²) in [5.74, 6) is 1.11. The summed E-state index contributed by atoms with van der Waals surface area (Å²) in [5, 5.41) is 2.86. The van der Waals surface area contributed by atoms with E-state index in [0.717, 1.165) is 11.4 Å². The highest BCUT2D eigenvalue weighted by molar-refractivity contribution is 7.91. The number of aryl methyl sites for hydroxylation is 1. The topological polar surface area (TPSA) is 79.4 Å². The van der Waals surface area contributed by atoms with Gasteiger partial charge in [-0.25, -0.2) is 13.4 Å². The highest BCUT2D eigenvalue weighted by atomic mass is 32.2. The molecule has 27 heavy (non-hydrogen) atoms. The number of rotatable bonds is 7. The Balaban J connectivity index is 1.57. The average molecular weight is 388 g/mol. The Bertz CT molecular complexity index is 867. The second kappa shape index (κ2) is 8.52. The summed E-state index contributed by atoms with van der Waals surface area (Å²) in [4.78, 5) is 18.6. The van der Waals surface area contributed by atoms with Gasteiger partial charge in [-0.3, -0.25) is 4.79 Å². The summed E-state index contributed by atoms with van der Waals surface area (Å²) < 4.78 is 23.5. The second-order valence-electron chi connectivity index (χ2n) is 6.78. The van der Waals surface area contributed by atoms with E-state index in [1.807, 2.05) is 54.3 Å². The largest absolute Gasteiger partial charge is 0.353 e. The third-order valence-electron chi connectivity index (χ3n) is 4.80. The van der Waals surface area contributed by atoms with Gasteiger partial charge in [0.15, 0.2) is 9.84 Å². The zero-order valence-electron chi connectivity index (χ0n) is 15.5. The first kappa shape index (κ1) is 19.4. The van der Waals surface area contributed by atoms with Crippen molar-refractivity contribution in [1.29, 1.82) is 0 Å². The molecule has 0 saturated carbocycles. The zero-order valence-corrected chi connectivity index (χ0v) is 16.3. The molecule has 1 fully saturated rings. The SMILES string of the molecule is CCN(c1ccc(NC(=O)CCc2ccccc2)cn1)C1CCS(=O)(=O)C1. The number of nitrogens with one attached hydrogen (secondary N) is 1. The Labute approximate surface area is 160 Å². The molecule has 144 valence electrons. The Kier molecular flexibility index (Phi) is 6.11. The van der Waals surface area contributed by atoms with Gasteiger partial charge >= 0.3 is 0 Å². The second-order valence-corrected chi connectivity index (χ2v) is 9.01. The molecule has 0 spiro atoms. The number of amides is 1. The molecule has 3 rings (SSSR count). The Morgan fingerprint density at radius 2 is 2.00 bits per heavy atom. The lowest BCUT2D eigenvalue weighted by molar-refractivity contribution is -0.116. The van der Waals surface area contributed by atoms with Crippen LogP contribution in [0.25, 0.3) is 0 Å². The summed E-state index contributed by atoms with van der Waals surface area (Å²) in [6.45, 7) is 2.68. The Hall–Kier alpha value is -2.41. The van der Waals surface area contributed by atoms with Gasteiger partial charge in [0.2, 0.25) is 5.91 Å². The van der Waals surface area contributed by atoms with Gasteiger partial charge in [0, 0.05) is 19.0 Å². The smallest absolute Gasteiger partial charge is 0.224 e. The van der Waals surface area contributed by atoms with E-state index in [-0.39, 0.29) is 23.5 Å². The molecular formula is C20H25N3O3S. The summed E-state index contributed by atoms with van der Waals surface area (Å²) in [6.07, 6.45) is 3.36. The minimum Gasteiger partial charge on any atom is -0.353 e. The van der Waals surface area contributed by atoms with Crippen molar-refractivity contribution >= 4 is 27.2 Å². The maximum absolute atomic E-state index is 12.1. The van der Waals surface area contributed by atoms with Crippen LogP contribution in [0.3, 0.4) is 0 Å². The van der Waals surface area contributed by atoms with Crippen LogP contribution in [0.1, 0.15) is 25.3 Å². The predicted octanol–water partition coefficient (Wildman–Crippen LogP) is 2.67. The number of aromatic nitrogens is 1.